The maximum atomic E-state index is 13.5. The van der Waals surface area contributed by atoms with Crippen molar-refractivity contribution in [3.8, 4) is 0 Å². The van der Waals surface area contributed by atoms with Gasteiger partial charge in [-0.25, -0.2) is 4.39 Å². The topological polar surface area (TPSA) is 29.3 Å². The predicted molar refractivity (Wildman–Crippen MR) is 70.7 cm³/mol. The SMILES string of the molecule is Cc1cc(Cl)c(CN(C)C(C)(C)CN)cc1F. The van der Waals surface area contributed by atoms with E-state index in [2.05, 4.69) is 4.90 Å². The van der Waals surface area contributed by atoms with Crippen molar-refractivity contribution in [2.45, 2.75) is 32.9 Å². The van der Waals surface area contributed by atoms with Gasteiger partial charge in [0.2, 0.25) is 0 Å². The Hall–Kier alpha value is -0.640. The second-order valence-corrected chi connectivity index (χ2v) is 5.47. The van der Waals surface area contributed by atoms with Crippen LogP contribution in [0.15, 0.2) is 12.1 Å². The molecule has 0 unspecified atom stereocenters. The van der Waals surface area contributed by atoms with Crippen molar-refractivity contribution in [1.82, 2.24) is 4.90 Å². The third-order valence-corrected chi connectivity index (χ3v) is 3.62. The largest absolute Gasteiger partial charge is 0.329 e. The number of aryl methyl sites for hydroxylation is 1. The van der Waals surface area contributed by atoms with Crippen molar-refractivity contribution in [3.63, 3.8) is 0 Å². The number of nitrogens with two attached hydrogens (primary N) is 1. The Morgan fingerprint density at radius 1 is 1.41 bits per heavy atom. The van der Waals surface area contributed by atoms with Gasteiger partial charge in [0, 0.05) is 23.7 Å². The Balaban J connectivity index is 2.93. The number of benzene rings is 1. The highest BCUT2D eigenvalue weighted by Crippen LogP contribution is 2.23. The Morgan fingerprint density at radius 3 is 2.53 bits per heavy atom. The molecular weight excluding hydrogens is 239 g/mol. The Morgan fingerprint density at radius 2 is 2.00 bits per heavy atom. The molecule has 0 aliphatic carbocycles. The van der Waals surface area contributed by atoms with Crippen molar-refractivity contribution >= 4 is 11.6 Å². The molecule has 0 heterocycles. The van der Waals surface area contributed by atoms with Crippen LogP contribution in [0.5, 0.6) is 0 Å². The molecule has 0 spiro atoms. The lowest BCUT2D eigenvalue weighted by molar-refractivity contribution is 0.155. The van der Waals surface area contributed by atoms with E-state index in [4.69, 9.17) is 17.3 Å². The highest BCUT2D eigenvalue weighted by molar-refractivity contribution is 6.31. The summed E-state index contributed by atoms with van der Waals surface area (Å²) in [5.41, 5.74) is 6.93. The molecule has 1 aromatic rings. The van der Waals surface area contributed by atoms with Crippen LogP contribution in [-0.4, -0.2) is 24.0 Å². The van der Waals surface area contributed by atoms with Crippen LogP contribution >= 0.6 is 11.6 Å². The van der Waals surface area contributed by atoms with Crippen molar-refractivity contribution in [2.24, 2.45) is 5.73 Å². The molecule has 0 fully saturated rings. The average molecular weight is 259 g/mol. The van der Waals surface area contributed by atoms with Gasteiger partial charge in [-0.3, -0.25) is 4.90 Å². The molecule has 17 heavy (non-hydrogen) atoms. The minimum Gasteiger partial charge on any atom is -0.329 e. The number of halogens is 2. The van der Waals surface area contributed by atoms with E-state index in [-0.39, 0.29) is 11.4 Å². The molecule has 0 aromatic heterocycles. The van der Waals surface area contributed by atoms with E-state index in [1.54, 1.807) is 13.0 Å². The first kappa shape index (κ1) is 14.4. The van der Waals surface area contributed by atoms with Gasteiger partial charge in [0.05, 0.1) is 0 Å². The van der Waals surface area contributed by atoms with Gasteiger partial charge in [-0.2, -0.15) is 0 Å². The van der Waals surface area contributed by atoms with E-state index in [0.717, 1.165) is 5.56 Å². The molecule has 1 aromatic carbocycles. The van der Waals surface area contributed by atoms with Crippen LogP contribution in [0, 0.1) is 12.7 Å². The van der Waals surface area contributed by atoms with E-state index in [0.29, 0.717) is 23.7 Å². The summed E-state index contributed by atoms with van der Waals surface area (Å²) in [6.07, 6.45) is 0. The van der Waals surface area contributed by atoms with Crippen LogP contribution in [0.25, 0.3) is 0 Å². The Labute approximate surface area is 108 Å². The molecule has 4 heteroatoms. The van der Waals surface area contributed by atoms with Gasteiger partial charge in [0.15, 0.2) is 0 Å². The van der Waals surface area contributed by atoms with Crippen molar-refractivity contribution in [1.29, 1.82) is 0 Å². The smallest absolute Gasteiger partial charge is 0.126 e. The molecule has 0 saturated heterocycles. The van der Waals surface area contributed by atoms with E-state index in [9.17, 15) is 4.39 Å². The second-order valence-electron chi connectivity index (χ2n) is 5.07. The van der Waals surface area contributed by atoms with Crippen LogP contribution in [0.1, 0.15) is 25.0 Å². The number of nitrogens with zero attached hydrogens (tertiary/aromatic N) is 1. The van der Waals surface area contributed by atoms with Gasteiger partial charge in [-0.05, 0) is 51.1 Å². The van der Waals surface area contributed by atoms with E-state index in [1.807, 2.05) is 20.9 Å². The molecule has 0 radical (unpaired) electrons. The van der Waals surface area contributed by atoms with Crippen molar-refractivity contribution < 1.29 is 4.39 Å². The summed E-state index contributed by atoms with van der Waals surface area (Å²) in [6, 6.07) is 3.16. The molecule has 0 aliphatic heterocycles. The fourth-order valence-corrected chi connectivity index (χ4v) is 1.71. The lowest BCUT2D eigenvalue weighted by atomic mass is 10.0. The molecular formula is C13H20ClFN2. The first-order valence-electron chi connectivity index (χ1n) is 5.64. The quantitative estimate of drug-likeness (QED) is 0.900. The first-order valence-corrected chi connectivity index (χ1v) is 6.01. The summed E-state index contributed by atoms with van der Waals surface area (Å²) >= 11 is 6.11. The molecule has 0 aliphatic rings. The Kier molecular flexibility index (Phi) is 4.53. The summed E-state index contributed by atoms with van der Waals surface area (Å²) in [5, 5.41) is 0.601. The fraction of sp³-hybridized carbons (Fsp3) is 0.538. The summed E-state index contributed by atoms with van der Waals surface area (Å²) in [4.78, 5) is 2.07. The lowest BCUT2D eigenvalue weighted by Gasteiger charge is -2.34. The number of rotatable bonds is 4. The molecule has 1 rings (SSSR count). The van der Waals surface area contributed by atoms with Crippen LogP contribution in [0.3, 0.4) is 0 Å². The van der Waals surface area contributed by atoms with E-state index >= 15 is 0 Å². The van der Waals surface area contributed by atoms with Crippen LogP contribution < -0.4 is 5.73 Å². The number of hydrogen-bond acceptors (Lipinski definition) is 2. The predicted octanol–water partition coefficient (Wildman–Crippen LogP) is 2.96. The third kappa shape index (κ3) is 3.41. The average Bonchev–Trinajstić information content (AvgIpc) is 2.25. The second kappa shape index (κ2) is 5.34. The van der Waals surface area contributed by atoms with Gasteiger partial charge in [0.1, 0.15) is 5.82 Å². The Bertz CT molecular complexity index is 405. The number of hydrogen-bond donors (Lipinski definition) is 1. The minimum atomic E-state index is -0.219. The molecule has 0 atom stereocenters. The summed E-state index contributed by atoms with van der Waals surface area (Å²) in [5.74, 6) is -0.219. The zero-order valence-electron chi connectivity index (χ0n) is 10.8. The van der Waals surface area contributed by atoms with Gasteiger partial charge in [-0.15, -0.1) is 0 Å². The fourth-order valence-electron chi connectivity index (χ4n) is 1.43. The summed E-state index contributed by atoms with van der Waals surface area (Å²) < 4.78 is 13.5. The van der Waals surface area contributed by atoms with Gasteiger partial charge >= 0.3 is 0 Å². The zero-order chi connectivity index (χ0) is 13.2. The molecule has 96 valence electrons. The zero-order valence-corrected chi connectivity index (χ0v) is 11.6. The van der Waals surface area contributed by atoms with Crippen molar-refractivity contribution in [2.75, 3.05) is 13.6 Å². The van der Waals surface area contributed by atoms with Gasteiger partial charge in [-0.1, -0.05) is 11.6 Å². The van der Waals surface area contributed by atoms with Crippen molar-refractivity contribution in [3.05, 3.63) is 34.1 Å². The maximum Gasteiger partial charge on any atom is 0.126 e. The van der Waals surface area contributed by atoms with Crippen LogP contribution in [-0.2, 0) is 6.54 Å². The molecule has 0 saturated carbocycles. The van der Waals surface area contributed by atoms with Crippen LogP contribution in [0.4, 0.5) is 4.39 Å². The minimum absolute atomic E-state index is 0.134. The summed E-state index contributed by atoms with van der Waals surface area (Å²) in [7, 11) is 1.96. The van der Waals surface area contributed by atoms with Gasteiger partial charge < -0.3 is 5.73 Å². The van der Waals surface area contributed by atoms with Gasteiger partial charge in [0.25, 0.3) is 0 Å². The normalized spacial score (nSPS) is 12.2. The molecule has 2 N–H and O–H groups in total. The standard InChI is InChI=1S/C13H20ClFN2/c1-9-5-11(14)10(6-12(9)15)7-17(4)13(2,3)8-16/h5-6H,7-8,16H2,1-4H3. The molecule has 0 bridgehead atoms. The highest BCUT2D eigenvalue weighted by Gasteiger charge is 2.22. The summed E-state index contributed by atoms with van der Waals surface area (Å²) in [6.45, 7) is 6.92. The van der Waals surface area contributed by atoms with Crippen LogP contribution in [0.2, 0.25) is 5.02 Å². The maximum absolute atomic E-state index is 13.5. The third-order valence-electron chi connectivity index (χ3n) is 3.27. The molecule has 2 nitrogen and oxygen atoms in total. The lowest BCUT2D eigenvalue weighted by Crippen LogP contribution is -2.46. The highest BCUT2D eigenvalue weighted by atomic mass is 35.5. The molecule has 0 amide bonds. The van der Waals surface area contributed by atoms with E-state index < -0.39 is 0 Å². The first-order chi connectivity index (χ1) is 7.77. The monoisotopic (exact) mass is 258 g/mol. The van der Waals surface area contributed by atoms with E-state index in [1.165, 1.54) is 6.07 Å². The number of likely N-dealkylation sites (N-methyl/N-ethyl adjacent to an activating group) is 1.